The molecule has 200 valence electrons. The van der Waals surface area contributed by atoms with Crippen LogP contribution in [0.1, 0.15) is 28.1 Å². The fraction of sp³-hybridized carbons (Fsp3) is 0.458. The highest BCUT2D eigenvalue weighted by atomic mass is 35.5. The molecule has 3 heterocycles. The van der Waals surface area contributed by atoms with Crippen molar-refractivity contribution in [2.75, 3.05) is 51.7 Å². The van der Waals surface area contributed by atoms with Gasteiger partial charge in [-0.1, -0.05) is 17.7 Å². The summed E-state index contributed by atoms with van der Waals surface area (Å²) in [6.07, 6.45) is 1.07. The molecule has 10 nitrogen and oxygen atoms in total. The molecule has 2 N–H and O–H groups in total. The van der Waals surface area contributed by atoms with Crippen LogP contribution in [-0.2, 0) is 26.0 Å². The van der Waals surface area contributed by atoms with E-state index in [2.05, 4.69) is 4.90 Å². The van der Waals surface area contributed by atoms with E-state index in [0.29, 0.717) is 61.2 Å². The number of carbonyl (C=O) groups excluding carboxylic acids is 3. The largest absolute Gasteiger partial charge is 0.365 e. The van der Waals surface area contributed by atoms with Gasteiger partial charge in [0.25, 0.3) is 5.91 Å². The molecule has 2 fully saturated rings. The number of halogens is 1. The van der Waals surface area contributed by atoms with Crippen molar-refractivity contribution in [1.82, 2.24) is 14.1 Å². The van der Waals surface area contributed by atoms with Crippen LogP contribution in [0.2, 0.25) is 4.34 Å². The average molecular weight is 568 g/mol. The number of hydrogen-bond donors (Lipinski definition) is 1. The van der Waals surface area contributed by atoms with Gasteiger partial charge in [0, 0.05) is 51.9 Å². The third-order valence-corrected chi connectivity index (χ3v) is 10.0. The van der Waals surface area contributed by atoms with E-state index in [1.165, 1.54) is 19.2 Å². The van der Waals surface area contributed by atoms with Gasteiger partial charge in [0.15, 0.2) is 0 Å². The first-order chi connectivity index (χ1) is 17.5. The smallest absolute Gasteiger partial charge is 0.259 e. The van der Waals surface area contributed by atoms with Gasteiger partial charge >= 0.3 is 0 Å². The second-order valence-electron chi connectivity index (χ2n) is 9.29. The maximum Gasteiger partial charge on any atom is 0.259 e. The lowest BCUT2D eigenvalue weighted by molar-refractivity contribution is -0.136. The molecule has 37 heavy (non-hydrogen) atoms. The van der Waals surface area contributed by atoms with Crippen LogP contribution < -0.4 is 10.6 Å². The molecule has 2 saturated heterocycles. The van der Waals surface area contributed by atoms with Gasteiger partial charge in [-0.25, -0.2) is 8.42 Å². The molecule has 2 aliphatic rings. The summed E-state index contributed by atoms with van der Waals surface area (Å²) in [4.78, 5) is 43.4. The fourth-order valence-corrected chi connectivity index (χ4v) is 7.13. The number of rotatable bonds is 8. The number of thiophene rings is 1. The lowest BCUT2D eigenvalue weighted by Crippen LogP contribution is -2.55. The molecule has 0 aliphatic carbocycles. The Morgan fingerprint density at radius 3 is 2.49 bits per heavy atom. The lowest BCUT2D eigenvalue weighted by Gasteiger charge is -2.36. The summed E-state index contributed by atoms with van der Waals surface area (Å²) in [6, 6.07) is 6.61. The third kappa shape index (κ3) is 5.83. The van der Waals surface area contributed by atoms with E-state index in [-0.39, 0.29) is 28.0 Å². The normalized spacial score (nSPS) is 18.0. The fourth-order valence-electron chi connectivity index (χ4n) is 4.64. The number of likely N-dealkylation sites (N-methyl/N-ethyl adjacent to an activating group) is 2. The summed E-state index contributed by atoms with van der Waals surface area (Å²) in [5.74, 6) is -1.10. The van der Waals surface area contributed by atoms with Gasteiger partial charge in [0.1, 0.15) is 6.04 Å². The predicted octanol–water partition coefficient (Wildman–Crippen LogP) is 1.63. The van der Waals surface area contributed by atoms with Crippen LogP contribution in [0, 0.1) is 0 Å². The molecule has 2 aliphatic heterocycles. The van der Waals surface area contributed by atoms with Crippen molar-refractivity contribution >= 4 is 56.4 Å². The number of carbonyl (C=O) groups is 3. The van der Waals surface area contributed by atoms with Crippen LogP contribution in [0.3, 0.4) is 0 Å². The van der Waals surface area contributed by atoms with Crippen molar-refractivity contribution in [2.45, 2.75) is 30.2 Å². The number of anilines is 1. The molecule has 0 radical (unpaired) electrons. The van der Waals surface area contributed by atoms with Crippen molar-refractivity contribution in [3.8, 4) is 0 Å². The Kier molecular flexibility index (Phi) is 8.24. The minimum atomic E-state index is -4.16. The average Bonchev–Trinajstić information content (AvgIpc) is 3.47. The van der Waals surface area contributed by atoms with Gasteiger partial charge in [-0.3, -0.25) is 14.4 Å². The number of sulfonamides is 1. The van der Waals surface area contributed by atoms with Crippen LogP contribution >= 0.6 is 22.9 Å². The van der Waals surface area contributed by atoms with E-state index < -0.39 is 22.0 Å². The summed E-state index contributed by atoms with van der Waals surface area (Å²) < 4.78 is 29.0. The van der Waals surface area contributed by atoms with Crippen molar-refractivity contribution in [3.63, 3.8) is 0 Å². The molecular formula is C24H30ClN5O5S2. The predicted molar refractivity (Wildman–Crippen MR) is 142 cm³/mol. The van der Waals surface area contributed by atoms with Crippen LogP contribution in [0.4, 0.5) is 5.69 Å². The molecule has 3 amide bonds. The second-order valence-corrected chi connectivity index (χ2v) is 13.0. The number of nitrogens with zero attached hydrogens (tertiary/aromatic N) is 4. The van der Waals surface area contributed by atoms with E-state index in [4.69, 9.17) is 17.3 Å². The van der Waals surface area contributed by atoms with Gasteiger partial charge in [-0.15, -0.1) is 11.3 Å². The van der Waals surface area contributed by atoms with Crippen LogP contribution in [0.5, 0.6) is 0 Å². The third-order valence-electron chi connectivity index (χ3n) is 6.83. The van der Waals surface area contributed by atoms with Crippen molar-refractivity contribution in [3.05, 3.63) is 45.1 Å². The molecule has 0 bridgehead atoms. The maximum absolute atomic E-state index is 13.8. The molecule has 13 heteroatoms. The van der Waals surface area contributed by atoms with E-state index in [1.54, 1.807) is 28.0 Å². The highest BCUT2D eigenvalue weighted by Crippen LogP contribution is 2.31. The Bertz CT molecular complexity index is 1310. The quantitative estimate of drug-likeness (QED) is 0.517. The number of nitrogens with two attached hydrogens (primary N) is 1. The Labute approximate surface area is 225 Å². The first-order valence-electron chi connectivity index (χ1n) is 11.9. The Balaban J connectivity index is 1.69. The molecule has 0 unspecified atom stereocenters. The summed E-state index contributed by atoms with van der Waals surface area (Å²) in [7, 11) is -0.837. The van der Waals surface area contributed by atoms with E-state index >= 15 is 0 Å². The van der Waals surface area contributed by atoms with Crippen LogP contribution in [0.15, 0.2) is 35.2 Å². The Morgan fingerprint density at radius 2 is 1.86 bits per heavy atom. The highest BCUT2D eigenvalue weighted by molar-refractivity contribution is 7.89. The van der Waals surface area contributed by atoms with Gasteiger partial charge in [-0.2, -0.15) is 4.31 Å². The molecule has 1 aromatic carbocycles. The summed E-state index contributed by atoms with van der Waals surface area (Å²) in [6.45, 7) is 2.77. The molecule has 1 atom stereocenters. The zero-order chi connectivity index (χ0) is 26.9. The SMILES string of the molecule is CN1CCN(C(=O)[C@H](Cc2cc(Cl)sc2C(N)=O)N(C)S(=O)(=O)c2cccc(N3CCCC3=O)c2)CC1. The Morgan fingerprint density at radius 1 is 1.16 bits per heavy atom. The first kappa shape index (κ1) is 27.5. The minimum Gasteiger partial charge on any atom is -0.365 e. The van der Waals surface area contributed by atoms with Gasteiger partial charge in [-0.05, 0) is 49.7 Å². The number of piperazine rings is 1. The molecule has 4 rings (SSSR count). The first-order valence-corrected chi connectivity index (χ1v) is 14.6. The topological polar surface area (TPSA) is 124 Å². The number of benzene rings is 1. The van der Waals surface area contributed by atoms with E-state index in [0.717, 1.165) is 15.6 Å². The zero-order valence-electron chi connectivity index (χ0n) is 20.7. The lowest BCUT2D eigenvalue weighted by atomic mass is 10.0. The summed E-state index contributed by atoms with van der Waals surface area (Å²) in [5, 5.41) is 0. The van der Waals surface area contributed by atoms with Crippen molar-refractivity contribution < 1.29 is 22.8 Å². The maximum atomic E-state index is 13.8. The summed E-state index contributed by atoms with van der Waals surface area (Å²) in [5.41, 5.74) is 6.45. The zero-order valence-corrected chi connectivity index (χ0v) is 23.1. The number of primary amides is 1. The Hall–Kier alpha value is -2.51. The van der Waals surface area contributed by atoms with Gasteiger partial charge in [0.2, 0.25) is 21.8 Å². The van der Waals surface area contributed by atoms with Crippen LogP contribution in [-0.4, -0.2) is 93.1 Å². The van der Waals surface area contributed by atoms with Crippen molar-refractivity contribution in [2.24, 2.45) is 5.73 Å². The van der Waals surface area contributed by atoms with E-state index in [1.807, 2.05) is 7.05 Å². The van der Waals surface area contributed by atoms with Gasteiger partial charge in [0.05, 0.1) is 14.1 Å². The molecular weight excluding hydrogens is 538 g/mol. The standard InChI is InChI=1S/C24H30ClN5O5S2/c1-27-9-11-29(12-10-27)24(33)19(13-16-14-20(25)36-22(16)23(26)32)28(2)37(34,35)18-6-3-5-17(15-18)30-8-4-7-21(30)31/h3,5-6,14-15,19H,4,7-13H2,1-2H3,(H2,26,32)/t19-/m0/s1. The number of amides is 3. The van der Waals surface area contributed by atoms with Gasteiger partial charge < -0.3 is 20.4 Å². The molecule has 0 saturated carbocycles. The highest BCUT2D eigenvalue weighted by Gasteiger charge is 2.37. The molecule has 2 aromatic rings. The summed E-state index contributed by atoms with van der Waals surface area (Å²) >= 11 is 7.14. The van der Waals surface area contributed by atoms with Crippen molar-refractivity contribution in [1.29, 1.82) is 0 Å². The van der Waals surface area contributed by atoms with Crippen LogP contribution in [0.25, 0.3) is 0 Å². The van der Waals surface area contributed by atoms with E-state index in [9.17, 15) is 22.8 Å². The molecule has 1 aromatic heterocycles. The second kappa shape index (κ2) is 11.1. The monoisotopic (exact) mass is 567 g/mol. The molecule has 0 spiro atoms. The number of hydrogen-bond acceptors (Lipinski definition) is 7. The minimum absolute atomic E-state index is 0.0261.